The smallest absolute Gasteiger partial charge is 0.213 e. The highest BCUT2D eigenvalue weighted by molar-refractivity contribution is 7.98. The predicted octanol–water partition coefficient (Wildman–Crippen LogP) is 5.24. The van der Waals surface area contributed by atoms with E-state index in [4.69, 9.17) is 4.74 Å². The van der Waals surface area contributed by atoms with Gasteiger partial charge >= 0.3 is 0 Å². The van der Waals surface area contributed by atoms with E-state index >= 15 is 0 Å². The summed E-state index contributed by atoms with van der Waals surface area (Å²) in [5.74, 6) is 0.659. The molecule has 0 spiro atoms. The van der Waals surface area contributed by atoms with Crippen molar-refractivity contribution in [2.45, 2.75) is 66.2 Å². The summed E-state index contributed by atoms with van der Waals surface area (Å²) in [6.45, 7) is 16.6. The fourth-order valence-electron chi connectivity index (χ4n) is 1.11. The number of hydrogen-bond donors (Lipinski definition) is 1. The van der Waals surface area contributed by atoms with Gasteiger partial charge in [-0.2, -0.15) is 0 Å². The van der Waals surface area contributed by atoms with Crippen molar-refractivity contribution < 1.29 is 4.74 Å². The first-order valence-electron chi connectivity index (χ1n) is 7.37. The molecule has 0 aliphatic heterocycles. The second-order valence-corrected chi connectivity index (χ2v) is 6.32. The number of nitrogens with one attached hydrogen (secondary N) is 1. The molecule has 0 radical (unpaired) electrons. The molecule has 1 rings (SSSR count). The van der Waals surface area contributed by atoms with E-state index in [9.17, 15) is 0 Å². The molecule has 4 heteroatoms. The predicted molar refractivity (Wildman–Crippen MR) is 92.4 cm³/mol. The Morgan fingerprint density at radius 3 is 2.15 bits per heavy atom. The van der Waals surface area contributed by atoms with Crippen LogP contribution in [0.3, 0.4) is 0 Å². The number of aromatic nitrogens is 1. The average molecular weight is 301 g/mol. The molecule has 0 fully saturated rings. The van der Waals surface area contributed by atoms with Crippen LogP contribution in [-0.4, -0.2) is 16.8 Å². The van der Waals surface area contributed by atoms with E-state index in [1.54, 1.807) is 19.1 Å². The van der Waals surface area contributed by atoms with Crippen molar-refractivity contribution in [1.29, 1.82) is 0 Å². The van der Waals surface area contributed by atoms with Crippen LogP contribution in [0.25, 0.3) is 0 Å². The molecule has 0 aliphatic rings. The van der Waals surface area contributed by atoms with Crippen LogP contribution in [0.4, 0.5) is 0 Å². The minimum atomic E-state index is 0.202. The summed E-state index contributed by atoms with van der Waals surface area (Å²) >= 11 is 1.72. The normalized spacial score (nSPS) is 11.4. The summed E-state index contributed by atoms with van der Waals surface area (Å²) in [7, 11) is 1.63. The number of pyridine rings is 1. The van der Waals surface area contributed by atoms with Crippen molar-refractivity contribution >= 4 is 11.9 Å². The third-order valence-corrected chi connectivity index (χ3v) is 3.02. The van der Waals surface area contributed by atoms with Gasteiger partial charge in [-0.1, -0.05) is 45.7 Å². The second kappa shape index (κ2) is 12.0. The highest BCUT2D eigenvalue weighted by Crippen LogP contribution is 2.24. The topological polar surface area (TPSA) is 34.1 Å². The van der Waals surface area contributed by atoms with Gasteiger partial charge in [-0.05, 0) is 33.8 Å². The molecule has 0 saturated carbocycles. The standard InChI is InChI=1S/C12H20N2OS.2C2H6/c1-9(14-16-12(2,3)4)10-7-6-8-11(13-10)15-5;2*1-2/h6-9,14H,1-5H3;2*1-2H3. The number of methoxy groups -OCH3 is 1. The van der Waals surface area contributed by atoms with Gasteiger partial charge in [0.05, 0.1) is 18.8 Å². The summed E-state index contributed by atoms with van der Waals surface area (Å²) in [6.07, 6.45) is 0. The molecule has 0 amide bonds. The van der Waals surface area contributed by atoms with E-state index < -0.39 is 0 Å². The van der Waals surface area contributed by atoms with E-state index in [1.807, 2.05) is 45.9 Å². The second-order valence-electron chi connectivity index (χ2n) is 4.66. The van der Waals surface area contributed by atoms with Gasteiger partial charge in [-0.3, -0.25) is 4.72 Å². The minimum absolute atomic E-state index is 0.202. The van der Waals surface area contributed by atoms with Gasteiger partial charge in [0.1, 0.15) is 0 Å². The molecule has 118 valence electrons. The highest BCUT2D eigenvalue weighted by Gasteiger charge is 2.14. The fraction of sp³-hybridized carbons (Fsp3) is 0.688. The van der Waals surface area contributed by atoms with Crippen LogP contribution in [0.5, 0.6) is 5.88 Å². The van der Waals surface area contributed by atoms with Crippen molar-refractivity contribution in [2.75, 3.05) is 7.11 Å². The van der Waals surface area contributed by atoms with Crippen LogP contribution < -0.4 is 9.46 Å². The molecular formula is C16H32N2OS. The van der Waals surface area contributed by atoms with E-state index in [0.717, 1.165) is 5.69 Å². The average Bonchev–Trinajstić information content (AvgIpc) is 2.48. The van der Waals surface area contributed by atoms with Crippen LogP contribution in [-0.2, 0) is 0 Å². The van der Waals surface area contributed by atoms with Gasteiger partial charge in [0.2, 0.25) is 5.88 Å². The lowest BCUT2D eigenvalue weighted by Crippen LogP contribution is -2.20. The van der Waals surface area contributed by atoms with E-state index in [0.29, 0.717) is 5.88 Å². The fourth-order valence-corrected chi connectivity index (χ4v) is 1.76. The number of hydrogen-bond acceptors (Lipinski definition) is 4. The van der Waals surface area contributed by atoms with Gasteiger partial charge < -0.3 is 4.74 Å². The van der Waals surface area contributed by atoms with Crippen LogP contribution in [0.2, 0.25) is 0 Å². The van der Waals surface area contributed by atoms with Crippen LogP contribution in [0, 0.1) is 0 Å². The van der Waals surface area contributed by atoms with Crippen molar-refractivity contribution in [1.82, 2.24) is 9.71 Å². The Bertz CT molecular complexity index is 337. The lowest BCUT2D eigenvalue weighted by molar-refractivity contribution is 0.395. The maximum Gasteiger partial charge on any atom is 0.213 e. The molecule has 1 N–H and O–H groups in total. The van der Waals surface area contributed by atoms with E-state index in [1.165, 1.54) is 0 Å². The Morgan fingerprint density at radius 1 is 1.15 bits per heavy atom. The van der Waals surface area contributed by atoms with Gasteiger partial charge in [-0.15, -0.1) is 0 Å². The first kappa shape index (κ1) is 21.6. The van der Waals surface area contributed by atoms with Crippen molar-refractivity contribution in [2.24, 2.45) is 0 Å². The minimum Gasteiger partial charge on any atom is -0.481 e. The Labute approximate surface area is 130 Å². The van der Waals surface area contributed by atoms with E-state index in [-0.39, 0.29) is 10.8 Å². The Balaban J connectivity index is 0. The number of ether oxygens (including phenoxy) is 1. The monoisotopic (exact) mass is 300 g/mol. The molecule has 0 aliphatic carbocycles. The third-order valence-electron chi connectivity index (χ3n) is 1.94. The molecule has 1 heterocycles. The zero-order valence-corrected chi connectivity index (χ0v) is 15.4. The summed E-state index contributed by atoms with van der Waals surface area (Å²) in [5, 5.41) is 0. The molecular weight excluding hydrogens is 268 g/mol. The number of nitrogens with zero attached hydrogens (tertiary/aromatic N) is 1. The molecule has 20 heavy (non-hydrogen) atoms. The molecule has 3 nitrogen and oxygen atoms in total. The van der Waals surface area contributed by atoms with Crippen LogP contribution in [0.15, 0.2) is 18.2 Å². The molecule has 1 atom stereocenters. The molecule has 0 aromatic carbocycles. The SMILES string of the molecule is CC.CC.COc1cccc(C(C)NSC(C)(C)C)n1. The van der Waals surface area contributed by atoms with Gasteiger partial charge in [0.15, 0.2) is 0 Å². The van der Waals surface area contributed by atoms with Gasteiger partial charge in [0, 0.05) is 10.8 Å². The molecule has 1 aromatic rings. The Hall–Kier alpha value is -0.740. The molecule has 0 saturated heterocycles. The summed E-state index contributed by atoms with van der Waals surface area (Å²) < 4.78 is 8.70. The quantitative estimate of drug-likeness (QED) is 0.771. The zero-order chi connectivity index (χ0) is 16.2. The largest absolute Gasteiger partial charge is 0.481 e. The lowest BCUT2D eigenvalue weighted by Gasteiger charge is -2.21. The number of rotatable bonds is 4. The van der Waals surface area contributed by atoms with Gasteiger partial charge in [-0.25, -0.2) is 4.98 Å². The summed E-state index contributed by atoms with van der Waals surface area (Å²) in [5.41, 5.74) is 0.996. The lowest BCUT2D eigenvalue weighted by atomic mass is 10.2. The highest BCUT2D eigenvalue weighted by atomic mass is 32.2. The molecule has 1 unspecified atom stereocenters. The van der Waals surface area contributed by atoms with Crippen molar-refractivity contribution in [3.05, 3.63) is 23.9 Å². The first-order chi connectivity index (χ1) is 9.42. The van der Waals surface area contributed by atoms with Crippen molar-refractivity contribution in [3.8, 4) is 5.88 Å². The molecule has 0 bridgehead atoms. The maximum absolute atomic E-state index is 5.10. The molecule has 1 aromatic heterocycles. The maximum atomic E-state index is 5.10. The van der Waals surface area contributed by atoms with Crippen LogP contribution >= 0.6 is 11.9 Å². The Kier molecular flexibility index (Phi) is 13.0. The summed E-state index contributed by atoms with van der Waals surface area (Å²) in [6, 6.07) is 6.02. The van der Waals surface area contributed by atoms with Crippen LogP contribution in [0.1, 0.15) is 67.1 Å². The third kappa shape index (κ3) is 10.1. The van der Waals surface area contributed by atoms with Crippen molar-refractivity contribution in [3.63, 3.8) is 0 Å². The zero-order valence-electron chi connectivity index (χ0n) is 14.6. The summed E-state index contributed by atoms with van der Waals surface area (Å²) in [4.78, 5) is 4.39. The van der Waals surface area contributed by atoms with E-state index in [2.05, 4.69) is 37.4 Å². The Morgan fingerprint density at radius 2 is 1.70 bits per heavy atom. The first-order valence-corrected chi connectivity index (χ1v) is 8.18. The van der Waals surface area contributed by atoms with Gasteiger partial charge in [0.25, 0.3) is 0 Å².